The lowest BCUT2D eigenvalue weighted by molar-refractivity contribution is 0.170. The molecule has 1 N–H and O–H groups in total. The minimum atomic E-state index is -0.727. The third-order valence-corrected chi connectivity index (χ3v) is 3.33. The molecule has 0 fully saturated rings. The highest BCUT2D eigenvalue weighted by molar-refractivity contribution is 6.32. The van der Waals surface area contributed by atoms with E-state index in [0.717, 1.165) is 5.56 Å². The molecular weight excluding hydrogens is 264 g/mol. The third-order valence-electron chi connectivity index (χ3n) is 3.05. The summed E-state index contributed by atoms with van der Waals surface area (Å²) in [5, 5.41) is 10.8. The molecule has 0 spiro atoms. The van der Waals surface area contributed by atoms with Gasteiger partial charge in [-0.25, -0.2) is 0 Å². The van der Waals surface area contributed by atoms with Crippen molar-refractivity contribution in [2.45, 2.75) is 6.10 Å². The summed E-state index contributed by atoms with van der Waals surface area (Å²) in [7, 11) is 0. The maximum Gasteiger partial charge on any atom is 0.179 e. The molecule has 0 radical (unpaired) electrons. The van der Waals surface area contributed by atoms with Gasteiger partial charge in [-0.3, -0.25) is 0 Å². The number of halogens is 1. The molecule has 2 aromatic carbocycles. The van der Waals surface area contributed by atoms with Crippen molar-refractivity contribution in [1.82, 2.24) is 0 Å². The standard InChI is InChI=1S/C15H13ClO3/c16-12-8-11(9-13-15(12)19-7-6-18-13)14(17)10-4-2-1-3-5-10/h1-5,8-9,14,17H,6-7H2. The van der Waals surface area contributed by atoms with Crippen LogP contribution >= 0.6 is 11.6 Å². The summed E-state index contributed by atoms with van der Waals surface area (Å²) in [6, 6.07) is 12.9. The van der Waals surface area contributed by atoms with E-state index in [9.17, 15) is 5.11 Å². The van der Waals surface area contributed by atoms with Crippen molar-refractivity contribution in [3.05, 3.63) is 58.6 Å². The van der Waals surface area contributed by atoms with Crippen LogP contribution in [-0.4, -0.2) is 18.3 Å². The maximum atomic E-state index is 10.4. The summed E-state index contributed by atoms with van der Waals surface area (Å²) in [5.74, 6) is 1.14. The summed E-state index contributed by atoms with van der Waals surface area (Å²) in [5.41, 5.74) is 1.51. The Morgan fingerprint density at radius 3 is 2.53 bits per heavy atom. The first-order valence-corrected chi connectivity index (χ1v) is 6.45. The first-order chi connectivity index (χ1) is 9.25. The van der Waals surface area contributed by atoms with Crippen LogP contribution in [0.4, 0.5) is 0 Å². The molecule has 98 valence electrons. The summed E-state index contributed by atoms with van der Waals surface area (Å²) < 4.78 is 11.0. The fourth-order valence-corrected chi connectivity index (χ4v) is 2.39. The average molecular weight is 277 g/mol. The van der Waals surface area contributed by atoms with E-state index in [1.54, 1.807) is 12.1 Å². The monoisotopic (exact) mass is 276 g/mol. The van der Waals surface area contributed by atoms with Crippen molar-refractivity contribution in [2.24, 2.45) is 0 Å². The fourth-order valence-electron chi connectivity index (χ4n) is 2.12. The molecule has 0 bridgehead atoms. The molecule has 1 atom stereocenters. The van der Waals surface area contributed by atoms with E-state index in [2.05, 4.69) is 0 Å². The molecule has 0 aliphatic carbocycles. The van der Waals surface area contributed by atoms with Gasteiger partial charge < -0.3 is 14.6 Å². The van der Waals surface area contributed by atoms with Gasteiger partial charge in [-0.15, -0.1) is 0 Å². The molecule has 0 aromatic heterocycles. The maximum absolute atomic E-state index is 10.4. The summed E-state index contributed by atoms with van der Waals surface area (Å²) >= 11 is 6.16. The number of aliphatic hydroxyl groups excluding tert-OH is 1. The predicted molar refractivity (Wildman–Crippen MR) is 72.9 cm³/mol. The lowest BCUT2D eigenvalue weighted by atomic mass is 10.0. The van der Waals surface area contributed by atoms with E-state index in [0.29, 0.717) is 35.3 Å². The molecule has 1 aliphatic heterocycles. The van der Waals surface area contributed by atoms with Gasteiger partial charge in [0.2, 0.25) is 0 Å². The molecular formula is C15H13ClO3. The van der Waals surface area contributed by atoms with E-state index in [4.69, 9.17) is 21.1 Å². The molecule has 2 aromatic rings. The second-order valence-corrected chi connectivity index (χ2v) is 4.75. The van der Waals surface area contributed by atoms with Crippen LogP contribution in [0.15, 0.2) is 42.5 Å². The van der Waals surface area contributed by atoms with Gasteiger partial charge in [0.1, 0.15) is 19.3 Å². The van der Waals surface area contributed by atoms with Crippen LogP contribution in [0, 0.1) is 0 Å². The summed E-state index contributed by atoms with van der Waals surface area (Å²) in [6.45, 7) is 0.988. The number of rotatable bonds is 2. The smallest absolute Gasteiger partial charge is 0.179 e. The molecule has 1 unspecified atom stereocenters. The van der Waals surface area contributed by atoms with Crippen molar-refractivity contribution >= 4 is 11.6 Å². The van der Waals surface area contributed by atoms with E-state index in [1.165, 1.54) is 0 Å². The number of fused-ring (bicyclic) bond motifs is 1. The second-order valence-electron chi connectivity index (χ2n) is 4.34. The molecule has 4 heteroatoms. The van der Waals surface area contributed by atoms with Crippen LogP contribution in [0.5, 0.6) is 11.5 Å². The number of hydrogen-bond acceptors (Lipinski definition) is 3. The van der Waals surface area contributed by atoms with Crippen LogP contribution < -0.4 is 9.47 Å². The van der Waals surface area contributed by atoms with Gasteiger partial charge in [-0.05, 0) is 23.3 Å². The van der Waals surface area contributed by atoms with E-state index in [-0.39, 0.29) is 0 Å². The topological polar surface area (TPSA) is 38.7 Å². The predicted octanol–water partition coefficient (Wildman–Crippen LogP) is 3.19. The Morgan fingerprint density at radius 1 is 1.00 bits per heavy atom. The van der Waals surface area contributed by atoms with Crippen LogP contribution in [0.3, 0.4) is 0 Å². The SMILES string of the molecule is OC(c1ccccc1)c1cc(Cl)c2c(c1)OCCO2. The molecule has 1 aliphatic rings. The highest BCUT2D eigenvalue weighted by Gasteiger charge is 2.20. The van der Waals surface area contributed by atoms with Crippen molar-refractivity contribution in [1.29, 1.82) is 0 Å². The highest BCUT2D eigenvalue weighted by atomic mass is 35.5. The Labute approximate surface area is 116 Å². The minimum Gasteiger partial charge on any atom is -0.486 e. The van der Waals surface area contributed by atoms with Gasteiger partial charge in [0, 0.05) is 0 Å². The first kappa shape index (κ1) is 12.3. The Hall–Kier alpha value is -1.71. The van der Waals surface area contributed by atoms with Crippen molar-refractivity contribution in [2.75, 3.05) is 13.2 Å². The van der Waals surface area contributed by atoms with Gasteiger partial charge in [0.25, 0.3) is 0 Å². The molecule has 3 nitrogen and oxygen atoms in total. The molecule has 1 heterocycles. The number of hydrogen-bond donors (Lipinski definition) is 1. The average Bonchev–Trinajstić information content (AvgIpc) is 2.47. The van der Waals surface area contributed by atoms with Crippen molar-refractivity contribution in [3.8, 4) is 11.5 Å². The number of ether oxygens (including phenoxy) is 2. The molecule has 0 saturated carbocycles. The Bertz CT molecular complexity index is 583. The molecule has 19 heavy (non-hydrogen) atoms. The number of aliphatic hydroxyl groups is 1. The van der Waals surface area contributed by atoms with E-state index < -0.39 is 6.10 Å². The molecule has 3 rings (SSSR count). The zero-order chi connectivity index (χ0) is 13.2. The van der Waals surface area contributed by atoms with Crippen LogP contribution in [0.25, 0.3) is 0 Å². The van der Waals surface area contributed by atoms with Crippen LogP contribution in [-0.2, 0) is 0 Å². The lowest BCUT2D eigenvalue weighted by Gasteiger charge is -2.21. The van der Waals surface area contributed by atoms with Gasteiger partial charge in [-0.2, -0.15) is 0 Å². The molecule has 0 amide bonds. The summed E-state index contributed by atoms with van der Waals surface area (Å²) in [4.78, 5) is 0. The Balaban J connectivity index is 1.99. The third kappa shape index (κ3) is 2.39. The zero-order valence-corrected chi connectivity index (χ0v) is 10.9. The quantitative estimate of drug-likeness (QED) is 0.915. The van der Waals surface area contributed by atoms with Crippen molar-refractivity contribution < 1.29 is 14.6 Å². The van der Waals surface area contributed by atoms with Crippen molar-refractivity contribution in [3.63, 3.8) is 0 Å². The first-order valence-electron chi connectivity index (χ1n) is 6.08. The minimum absolute atomic E-state index is 0.460. The largest absolute Gasteiger partial charge is 0.486 e. The van der Waals surface area contributed by atoms with E-state index >= 15 is 0 Å². The van der Waals surface area contributed by atoms with Gasteiger partial charge in [-0.1, -0.05) is 41.9 Å². The van der Waals surface area contributed by atoms with Gasteiger partial charge in [0.05, 0.1) is 5.02 Å². The zero-order valence-electron chi connectivity index (χ0n) is 10.2. The van der Waals surface area contributed by atoms with Crippen LogP contribution in [0.2, 0.25) is 5.02 Å². The van der Waals surface area contributed by atoms with Gasteiger partial charge >= 0.3 is 0 Å². The molecule has 0 saturated heterocycles. The Kier molecular flexibility index (Phi) is 3.32. The number of benzene rings is 2. The highest BCUT2D eigenvalue weighted by Crippen LogP contribution is 2.40. The normalized spacial score (nSPS) is 15.1. The van der Waals surface area contributed by atoms with Crippen LogP contribution in [0.1, 0.15) is 17.2 Å². The fraction of sp³-hybridized carbons (Fsp3) is 0.200. The second kappa shape index (κ2) is 5.11. The summed E-state index contributed by atoms with van der Waals surface area (Å²) in [6.07, 6.45) is -0.727. The van der Waals surface area contributed by atoms with Gasteiger partial charge in [0.15, 0.2) is 11.5 Å². The lowest BCUT2D eigenvalue weighted by Crippen LogP contribution is -2.16. The van der Waals surface area contributed by atoms with E-state index in [1.807, 2.05) is 30.3 Å². The Morgan fingerprint density at radius 2 is 1.74 bits per heavy atom.